The lowest BCUT2D eigenvalue weighted by molar-refractivity contribution is -0.127. The molecule has 1 aromatic carbocycles. The maximum Gasteiger partial charge on any atom is 0.325 e. The molecule has 0 aliphatic carbocycles. The number of carbonyl (C=O) groups excluding carboxylic acids is 2. The van der Waals surface area contributed by atoms with Gasteiger partial charge in [-0.1, -0.05) is 51.1 Å². The molecule has 1 atom stereocenters. The van der Waals surface area contributed by atoms with E-state index in [1.807, 2.05) is 35.7 Å². The number of rotatable bonds is 4. The van der Waals surface area contributed by atoms with Crippen molar-refractivity contribution in [1.29, 1.82) is 0 Å². The average molecular weight is 343 g/mol. The fourth-order valence-electron chi connectivity index (χ4n) is 2.58. The Labute approximate surface area is 145 Å². The first-order valence-electron chi connectivity index (χ1n) is 7.98. The van der Waals surface area contributed by atoms with E-state index in [9.17, 15) is 9.59 Å². The smallest absolute Gasteiger partial charge is 0.322 e. The van der Waals surface area contributed by atoms with Gasteiger partial charge in [-0.3, -0.25) is 9.69 Å². The van der Waals surface area contributed by atoms with Gasteiger partial charge in [-0.2, -0.15) is 0 Å². The van der Waals surface area contributed by atoms with Crippen LogP contribution in [-0.4, -0.2) is 28.4 Å². The van der Waals surface area contributed by atoms with E-state index in [0.29, 0.717) is 13.0 Å². The lowest BCUT2D eigenvalue weighted by Crippen LogP contribution is -2.32. The molecule has 126 valence electrons. The zero-order chi connectivity index (χ0) is 17.3. The second kappa shape index (κ2) is 6.36. The second-order valence-corrected chi connectivity index (χ2v) is 7.85. The topological polar surface area (TPSA) is 62.3 Å². The highest BCUT2D eigenvalue weighted by atomic mass is 32.1. The van der Waals surface area contributed by atoms with Crippen LogP contribution in [0.2, 0.25) is 0 Å². The highest BCUT2D eigenvalue weighted by Gasteiger charge is 2.38. The van der Waals surface area contributed by atoms with E-state index in [2.05, 4.69) is 31.1 Å². The number of imide groups is 1. The minimum Gasteiger partial charge on any atom is -0.322 e. The number of carbonyl (C=O) groups is 2. The van der Waals surface area contributed by atoms with Crippen LogP contribution >= 0.6 is 11.3 Å². The molecule has 1 fully saturated rings. The summed E-state index contributed by atoms with van der Waals surface area (Å²) >= 11 is 1.58. The van der Waals surface area contributed by atoms with Crippen LogP contribution in [0.4, 0.5) is 4.79 Å². The highest BCUT2D eigenvalue weighted by molar-refractivity contribution is 7.09. The summed E-state index contributed by atoms with van der Waals surface area (Å²) in [6.45, 7) is 6.71. The maximum absolute atomic E-state index is 12.5. The summed E-state index contributed by atoms with van der Waals surface area (Å²) in [5.41, 5.74) is 1.86. The minimum absolute atomic E-state index is 0.00793. The van der Waals surface area contributed by atoms with E-state index in [4.69, 9.17) is 0 Å². The first kappa shape index (κ1) is 16.6. The zero-order valence-electron chi connectivity index (χ0n) is 14.1. The van der Waals surface area contributed by atoms with Gasteiger partial charge in [0.1, 0.15) is 6.04 Å². The summed E-state index contributed by atoms with van der Waals surface area (Å²) < 4.78 is 0. The molecule has 1 saturated heterocycles. The van der Waals surface area contributed by atoms with Crippen molar-refractivity contribution in [3.63, 3.8) is 0 Å². The van der Waals surface area contributed by atoms with Crippen molar-refractivity contribution in [1.82, 2.24) is 15.2 Å². The summed E-state index contributed by atoms with van der Waals surface area (Å²) in [5.74, 6) is -0.196. The Morgan fingerprint density at radius 1 is 1.21 bits per heavy atom. The van der Waals surface area contributed by atoms with Crippen molar-refractivity contribution in [3.8, 4) is 0 Å². The predicted octanol–water partition coefficient (Wildman–Crippen LogP) is 3.28. The van der Waals surface area contributed by atoms with Gasteiger partial charge in [-0.05, 0) is 5.56 Å². The van der Waals surface area contributed by atoms with Crippen LogP contribution in [0.5, 0.6) is 0 Å². The molecule has 0 bridgehead atoms. The van der Waals surface area contributed by atoms with E-state index >= 15 is 0 Å². The van der Waals surface area contributed by atoms with Crippen LogP contribution in [0.1, 0.15) is 43.1 Å². The number of nitrogens with zero attached hydrogens (tertiary/aromatic N) is 2. The third-order valence-electron chi connectivity index (χ3n) is 4.03. The summed E-state index contributed by atoms with van der Waals surface area (Å²) in [6, 6.07) is 8.40. The monoisotopic (exact) mass is 343 g/mol. The van der Waals surface area contributed by atoms with Gasteiger partial charge in [0.15, 0.2) is 0 Å². The Bertz CT molecular complexity index is 749. The summed E-state index contributed by atoms with van der Waals surface area (Å²) in [7, 11) is 0. The Kier molecular flexibility index (Phi) is 4.41. The van der Waals surface area contributed by atoms with Crippen molar-refractivity contribution < 1.29 is 9.59 Å². The standard InChI is InChI=1S/C18H21N3O2S/c1-18(2,3)13-11-24-14(19-13)9-10-21-16(22)15(20-17(21)23)12-7-5-4-6-8-12/h4-8,11,15H,9-10H2,1-3H3,(H,20,23)/t15-/m0/s1. The summed E-state index contributed by atoms with van der Waals surface area (Å²) in [4.78, 5) is 30.6. The van der Waals surface area contributed by atoms with E-state index in [0.717, 1.165) is 16.3 Å². The number of thiazole rings is 1. The van der Waals surface area contributed by atoms with Crippen molar-refractivity contribution in [2.45, 2.75) is 38.6 Å². The third kappa shape index (κ3) is 3.33. The number of benzene rings is 1. The van der Waals surface area contributed by atoms with Gasteiger partial charge in [0.05, 0.1) is 10.7 Å². The SMILES string of the molecule is CC(C)(C)c1csc(CCN2C(=O)N[C@@H](c3ccccc3)C2=O)n1. The molecule has 1 N–H and O–H groups in total. The van der Waals surface area contributed by atoms with Gasteiger partial charge in [0.2, 0.25) is 0 Å². The van der Waals surface area contributed by atoms with Crippen molar-refractivity contribution in [2.75, 3.05) is 6.54 Å². The number of aromatic nitrogens is 1. The molecule has 6 heteroatoms. The first-order valence-corrected chi connectivity index (χ1v) is 8.86. The van der Waals surface area contributed by atoms with Gasteiger partial charge in [-0.25, -0.2) is 9.78 Å². The molecule has 0 unspecified atom stereocenters. The molecule has 1 aromatic heterocycles. The highest BCUT2D eigenvalue weighted by Crippen LogP contribution is 2.25. The Hall–Kier alpha value is -2.21. The summed E-state index contributed by atoms with van der Waals surface area (Å²) in [6.07, 6.45) is 0.585. The minimum atomic E-state index is -0.583. The van der Waals surface area contributed by atoms with Crippen LogP contribution in [0.25, 0.3) is 0 Å². The van der Waals surface area contributed by atoms with Crippen molar-refractivity contribution >= 4 is 23.3 Å². The fourth-order valence-corrected chi connectivity index (χ4v) is 3.59. The molecule has 0 radical (unpaired) electrons. The molecule has 0 spiro atoms. The fraction of sp³-hybridized carbons (Fsp3) is 0.389. The molecule has 3 rings (SSSR count). The first-order chi connectivity index (χ1) is 11.4. The lowest BCUT2D eigenvalue weighted by atomic mass is 9.93. The maximum atomic E-state index is 12.5. The van der Waals surface area contributed by atoms with Crippen LogP contribution in [0.15, 0.2) is 35.7 Å². The number of hydrogen-bond acceptors (Lipinski definition) is 4. The van der Waals surface area contributed by atoms with Crippen LogP contribution < -0.4 is 5.32 Å². The third-order valence-corrected chi connectivity index (χ3v) is 4.94. The summed E-state index contributed by atoms with van der Waals surface area (Å²) in [5, 5.41) is 5.75. The Balaban J connectivity index is 1.66. The van der Waals surface area contributed by atoms with E-state index in [-0.39, 0.29) is 17.4 Å². The number of nitrogens with one attached hydrogen (secondary N) is 1. The molecule has 1 aliphatic rings. The predicted molar refractivity (Wildman–Crippen MR) is 93.9 cm³/mol. The van der Waals surface area contributed by atoms with Gasteiger partial charge >= 0.3 is 6.03 Å². The van der Waals surface area contributed by atoms with Gasteiger partial charge in [0, 0.05) is 23.8 Å². The van der Waals surface area contributed by atoms with Gasteiger partial charge < -0.3 is 5.32 Å². The van der Waals surface area contributed by atoms with E-state index < -0.39 is 6.04 Å². The molecule has 0 saturated carbocycles. The van der Waals surface area contributed by atoms with Gasteiger partial charge in [-0.15, -0.1) is 11.3 Å². The second-order valence-electron chi connectivity index (χ2n) is 6.91. The quantitative estimate of drug-likeness (QED) is 0.867. The molecule has 3 amide bonds. The lowest BCUT2D eigenvalue weighted by Gasteiger charge is -2.14. The van der Waals surface area contributed by atoms with Crippen molar-refractivity contribution in [2.24, 2.45) is 0 Å². The molecular weight excluding hydrogens is 322 g/mol. The Morgan fingerprint density at radius 3 is 2.54 bits per heavy atom. The number of urea groups is 1. The molecule has 1 aliphatic heterocycles. The normalized spacial score (nSPS) is 18.1. The molecule has 2 aromatic rings. The van der Waals surface area contributed by atoms with Crippen LogP contribution in [0.3, 0.4) is 0 Å². The number of hydrogen-bond donors (Lipinski definition) is 1. The average Bonchev–Trinajstić information content (AvgIpc) is 3.12. The van der Waals surface area contributed by atoms with Crippen LogP contribution in [-0.2, 0) is 16.6 Å². The molecule has 5 nitrogen and oxygen atoms in total. The molecular formula is C18H21N3O2S. The largest absolute Gasteiger partial charge is 0.325 e. The Morgan fingerprint density at radius 2 is 1.92 bits per heavy atom. The van der Waals surface area contributed by atoms with E-state index in [1.54, 1.807) is 11.3 Å². The zero-order valence-corrected chi connectivity index (χ0v) is 14.9. The van der Waals surface area contributed by atoms with Gasteiger partial charge in [0.25, 0.3) is 5.91 Å². The van der Waals surface area contributed by atoms with Crippen LogP contribution in [0, 0.1) is 0 Å². The molecule has 24 heavy (non-hydrogen) atoms. The molecule has 2 heterocycles. The number of amides is 3. The van der Waals surface area contributed by atoms with Crippen molar-refractivity contribution in [3.05, 3.63) is 52.0 Å². The van der Waals surface area contributed by atoms with E-state index in [1.165, 1.54) is 4.90 Å².